The van der Waals surface area contributed by atoms with Crippen LogP contribution in [-0.2, 0) is 32.0 Å². The highest BCUT2D eigenvalue weighted by molar-refractivity contribution is 6.28. The third-order valence-corrected chi connectivity index (χ3v) is 9.13. The van der Waals surface area contributed by atoms with E-state index in [4.69, 9.17) is 14.7 Å². The number of esters is 2. The molecule has 0 saturated heterocycles. The minimum absolute atomic E-state index is 0.0628. The fraction of sp³-hybridized carbons (Fsp3) is 0.324. The molecule has 2 unspecified atom stereocenters. The summed E-state index contributed by atoms with van der Waals surface area (Å²) in [4.78, 5) is 54.9. The van der Waals surface area contributed by atoms with E-state index in [1.807, 2.05) is 32.1 Å². The molecule has 9 nitrogen and oxygen atoms in total. The van der Waals surface area contributed by atoms with Crippen molar-refractivity contribution in [2.45, 2.75) is 72.1 Å². The molecule has 3 aromatic heterocycles. The molecule has 0 aromatic carbocycles. The Kier molecular flexibility index (Phi) is 6.91. The van der Waals surface area contributed by atoms with E-state index in [2.05, 4.69) is 36.5 Å². The van der Waals surface area contributed by atoms with E-state index in [0.717, 1.165) is 56.4 Å². The molecule has 6 rings (SSSR count). The maximum Gasteiger partial charge on any atom is 0.348 e. The van der Waals surface area contributed by atoms with Crippen molar-refractivity contribution in [2.75, 3.05) is 0 Å². The fourth-order valence-electron chi connectivity index (χ4n) is 6.70. The Morgan fingerprint density at radius 2 is 1.79 bits per heavy atom. The number of aryl methyl sites for hydroxylation is 3. The summed E-state index contributed by atoms with van der Waals surface area (Å²) in [5.41, 5.74) is 11.5. The topological polar surface area (TPSA) is 138 Å². The summed E-state index contributed by atoms with van der Waals surface area (Å²) in [6.07, 6.45) is 2.69. The number of nitrogens with zero attached hydrogens (tertiary/aromatic N) is 2. The molecule has 0 fully saturated rings. The molecular weight excluding hydrogens is 544 g/mol. The van der Waals surface area contributed by atoms with E-state index >= 15 is 0 Å². The summed E-state index contributed by atoms with van der Waals surface area (Å²) in [5.74, 6) is -2.78. The van der Waals surface area contributed by atoms with Crippen molar-refractivity contribution in [1.82, 2.24) is 19.9 Å². The first-order valence-electron chi connectivity index (χ1n) is 14.6. The lowest BCUT2D eigenvalue weighted by Crippen LogP contribution is -2.12. The Morgan fingerprint density at radius 3 is 2.49 bits per heavy atom. The van der Waals surface area contributed by atoms with E-state index in [1.165, 1.54) is 0 Å². The van der Waals surface area contributed by atoms with Crippen molar-refractivity contribution >= 4 is 57.2 Å². The lowest BCUT2D eigenvalue weighted by Gasteiger charge is -2.17. The Hall–Kier alpha value is -4.79. The van der Waals surface area contributed by atoms with Crippen LogP contribution in [0.15, 0.2) is 24.8 Å². The zero-order chi connectivity index (χ0) is 30.7. The average Bonchev–Trinajstić information content (AvgIpc) is 3.61. The normalized spacial score (nSPS) is 18.1. The molecule has 3 aromatic rings. The van der Waals surface area contributed by atoms with Crippen LogP contribution in [0, 0.1) is 13.8 Å². The zero-order valence-corrected chi connectivity index (χ0v) is 25.0. The number of carbonyl (C=O) groups excluding carboxylic acids is 2. The number of aromatic amines is 2. The minimum Gasteiger partial charge on any atom is -0.481 e. The van der Waals surface area contributed by atoms with Crippen molar-refractivity contribution in [1.29, 1.82) is 0 Å². The summed E-state index contributed by atoms with van der Waals surface area (Å²) < 4.78 is 5.22. The van der Waals surface area contributed by atoms with Crippen molar-refractivity contribution in [3.8, 4) is 0 Å². The molecule has 6 heterocycles. The van der Waals surface area contributed by atoms with Crippen LogP contribution in [-0.4, -0.2) is 43.0 Å². The van der Waals surface area contributed by atoms with Gasteiger partial charge in [-0.1, -0.05) is 26.5 Å². The van der Waals surface area contributed by atoms with Crippen molar-refractivity contribution < 1.29 is 24.2 Å². The molecule has 2 atom stereocenters. The van der Waals surface area contributed by atoms with E-state index in [-0.39, 0.29) is 30.3 Å². The molecule has 8 bridgehead atoms. The van der Waals surface area contributed by atoms with E-state index in [0.29, 0.717) is 34.6 Å². The molecule has 9 heteroatoms. The van der Waals surface area contributed by atoms with Crippen molar-refractivity contribution in [3.05, 3.63) is 75.4 Å². The lowest BCUT2D eigenvalue weighted by molar-refractivity contribution is -0.154. The number of carboxylic acid groups (broad SMARTS) is 1. The number of aliphatic carboxylic acids is 1. The number of cyclic esters (lactones) is 2. The number of ether oxygens (including phenoxy) is 1. The number of hydrogen-bond donors (Lipinski definition) is 3. The van der Waals surface area contributed by atoms with Gasteiger partial charge >= 0.3 is 17.9 Å². The highest BCUT2D eigenvalue weighted by Crippen LogP contribution is 2.44. The Morgan fingerprint density at radius 1 is 1.07 bits per heavy atom. The SMILES string of the molecule is C=Cc1c(C)c2cc3nc(c4c5nc(cc6[nH]c(cc1[nH]2)c(C)c6CC)C(C)=C5C(=O)OC(=O)C4)C(CCC(=O)O)C3C. The van der Waals surface area contributed by atoms with Gasteiger partial charge in [0.25, 0.3) is 0 Å². The molecular formula is C34H34N4O5. The zero-order valence-electron chi connectivity index (χ0n) is 25.0. The van der Waals surface area contributed by atoms with Crippen LogP contribution < -0.4 is 0 Å². The predicted octanol–water partition coefficient (Wildman–Crippen LogP) is 6.45. The first kappa shape index (κ1) is 28.3. The quantitative estimate of drug-likeness (QED) is 0.234. The number of nitrogens with one attached hydrogen (secondary N) is 2. The second-order valence-electron chi connectivity index (χ2n) is 11.5. The largest absolute Gasteiger partial charge is 0.481 e. The van der Waals surface area contributed by atoms with E-state index in [9.17, 15) is 19.5 Å². The fourth-order valence-corrected chi connectivity index (χ4v) is 6.70. The van der Waals surface area contributed by atoms with Gasteiger partial charge in [0.05, 0.1) is 29.1 Å². The van der Waals surface area contributed by atoms with Crippen LogP contribution in [0.2, 0.25) is 0 Å². The van der Waals surface area contributed by atoms with Gasteiger partial charge in [-0.15, -0.1) is 0 Å². The molecule has 3 N–H and O–H groups in total. The molecule has 0 spiro atoms. The van der Waals surface area contributed by atoms with Crippen LogP contribution in [0.3, 0.4) is 0 Å². The van der Waals surface area contributed by atoms with Gasteiger partial charge in [-0.2, -0.15) is 0 Å². The Bertz CT molecular complexity index is 1960. The molecule has 0 radical (unpaired) electrons. The number of carbonyl (C=O) groups is 3. The highest BCUT2D eigenvalue weighted by Gasteiger charge is 2.38. The second-order valence-corrected chi connectivity index (χ2v) is 11.5. The maximum atomic E-state index is 13.2. The average molecular weight is 579 g/mol. The second kappa shape index (κ2) is 10.5. The molecule has 0 aliphatic carbocycles. The van der Waals surface area contributed by atoms with Gasteiger partial charge in [0.15, 0.2) is 0 Å². The number of carboxylic acids is 1. The van der Waals surface area contributed by atoms with E-state index < -0.39 is 17.9 Å². The molecule has 220 valence electrons. The third kappa shape index (κ3) is 4.59. The monoisotopic (exact) mass is 578 g/mol. The van der Waals surface area contributed by atoms with Gasteiger partial charge in [-0.25, -0.2) is 9.78 Å². The molecule has 3 aliphatic heterocycles. The summed E-state index contributed by atoms with van der Waals surface area (Å²) in [6, 6.07) is 6.02. The van der Waals surface area contributed by atoms with Crippen LogP contribution >= 0.6 is 0 Å². The van der Waals surface area contributed by atoms with Gasteiger partial charge in [-0.3, -0.25) is 14.6 Å². The first-order valence-corrected chi connectivity index (χ1v) is 14.6. The molecule has 0 saturated carbocycles. The Labute approximate surface area is 248 Å². The van der Waals surface area contributed by atoms with Gasteiger partial charge < -0.3 is 19.8 Å². The number of allylic oxidation sites excluding steroid dienone is 1. The maximum absolute atomic E-state index is 13.2. The summed E-state index contributed by atoms with van der Waals surface area (Å²) in [5, 5.41) is 9.55. The van der Waals surface area contributed by atoms with Crippen molar-refractivity contribution in [3.63, 3.8) is 0 Å². The van der Waals surface area contributed by atoms with Crippen LogP contribution in [0.25, 0.3) is 39.3 Å². The Balaban J connectivity index is 1.82. The highest BCUT2D eigenvalue weighted by atomic mass is 16.6. The first-order chi connectivity index (χ1) is 20.5. The minimum atomic E-state index is -0.911. The summed E-state index contributed by atoms with van der Waals surface area (Å²) >= 11 is 0. The number of fused-ring (bicyclic) bond motifs is 8. The number of aromatic nitrogens is 4. The number of H-pyrrole nitrogens is 2. The molecule has 3 aliphatic rings. The van der Waals surface area contributed by atoms with Gasteiger partial charge in [-0.05, 0) is 74.1 Å². The smallest absolute Gasteiger partial charge is 0.348 e. The lowest BCUT2D eigenvalue weighted by atomic mass is 9.84. The van der Waals surface area contributed by atoms with Crippen molar-refractivity contribution in [2.24, 2.45) is 0 Å². The van der Waals surface area contributed by atoms with Gasteiger partial charge in [0.2, 0.25) is 0 Å². The predicted molar refractivity (Wildman–Crippen MR) is 165 cm³/mol. The van der Waals surface area contributed by atoms with Crippen LogP contribution in [0.4, 0.5) is 0 Å². The van der Waals surface area contributed by atoms with Crippen LogP contribution in [0.1, 0.15) is 96.0 Å². The molecule has 0 amide bonds. The van der Waals surface area contributed by atoms with Gasteiger partial charge in [0, 0.05) is 57.1 Å². The third-order valence-electron chi connectivity index (χ3n) is 9.13. The van der Waals surface area contributed by atoms with Crippen LogP contribution in [0.5, 0.6) is 0 Å². The number of hydrogen-bond acceptors (Lipinski definition) is 6. The summed E-state index contributed by atoms with van der Waals surface area (Å²) in [7, 11) is 0. The molecule has 43 heavy (non-hydrogen) atoms. The van der Waals surface area contributed by atoms with E-state index in [1.54, 1.807) is 6.92 Å². The van der Waals surface area contributed by atoms with Gasteiger partial charge in [0.1, 0.15) is 0 Å². The summed E-state index contributed by atoms with van der Waals surface area (Å²) in [6.45, 7) is 14.1. The number of rotatable bonds is 5. The standard InChI is InChI=1S/C34H34N4O5/c1-7-19-15(3)23-12-25-17(5)21(9-10-29(39)40)32(37-25)22-11-30(41)43-34(42)31-18(6)26(38-33(22)31)14-28-20(8-2)16(4)24(36-28)13-27(19)35-23/h7,12-14,17,21,35-36H,1,8-11H2,2-6H3,(H,39,40).